The number of nitrogens with zero attached hydrogens (tertiary/aromatic N) is 4. The summed E-state index contributed by atoms with van der Waals surface area (Å²) in [5, 5.41) is 16.9. The quantitative estimate of drug-likeness (QED) is 0.751. The Morgan fingerprint density at radius 3 is 2.83 bits per heavy atom. The highest BCUT2D eigenvalue weighted by Gasteiger charge is 2.11. The standard InChI is InChI=1S/C16H17N5O2/c1-10-3-4-12(7-11(10)2)21-16-13(8-20-21)15(18-9-19-16)17-6-5-14(22)23/h3-4,7-9H,5-6H2,1-2H3,(H,22,23)(H,17,18,19). The van der Waals surface area contributed by atoms with E-state index in [1.54, 1.807) is 10.9 Å². The van der Waals surface area contributed by atoms with Crippen molar-refractivity contribution in [3.63, 3.8) is 0 Å². The molecule has 0 bridgehead atoms. The molecule has 0 saturated heterocycles. The summed E-state index contributed by atoms with van der Waals surface area (Å²) < 4.78 is 1.76. The predicted octanol–water partition coefficient (Wildman–Crippen LogP) is 2.32. The topological polar surface area (TPSA) is 92.9 Å². The lowest BCUT2D eigenvalue weighted by Gasteiger charge is -2.07. The molecule has 0 spiro atoms. The number of benzene rings is 1. The maximum Gasteiger partial charge on any atom is 0.305 e. The second-order valence-corrected chi connectivity index (χ2v) is 5.36. The van der Waals surface area contributed by atoms with Crippen LogP contribution in [0.25, 0.3) is 16.7 Å². The molecule has 23 heavy (non-hydrogen) atoms. The molecular weight excluding hydrogens is 294 g/mol. The molecule has 0 aliphatic carbocycles. The summed E-state index contributed by atoms with van der Waals surface area (Å²) in [6.45, 7) is 4.42. The van der Waals surface area contributed by atoms with Gasteiger partial charge in [-0.05, 0) is 37.1 Å². The van der Waals surface area contributed by atoms with E-state index in [1.807, 2.05) is 12.1 Å². The van der Waals surface area contributed by atoms with Crippen molar-refractivity contribution in [1.29, 1.82) is 0 Å². The number of hydrogen-bond donors (Lipinski definition) is 2. The number of nitrogens with one attached hydrogen (secondary N) is 1. The van der Waals surface area contributed by atoms with Crippen LogP contribution in [0.4, 0.5) is 5.82 Å². The number of aliphatic carboxylic acids is 1. The molecule has 0 fully saturated rings. The molecule has 0 aliphatic rings. The first-order chi connectivity index (χ1) is 11.1. The first kappa shape index (κ1) is 15.0. The summed E-state index contributed by atoms with van der Waals surface area (Å²) in [5.74, 6) is -0.264. The molecule has 7 heteroatoms. The van der Waals surface area contributed by atoms with Gasteiger partial charge < -0.3 is 10.4 Å². The van der Waals surface area contributed by atoms with Gasteiger partial charge in [0.25, 0.3) is 0 Å². The van der Waals surface area contributed by atoms with E-state index in [0.717, 1.165) is 11.1 Å². The maximum atomic E-state index is 10.6. The lowest BCUT2D eigenvalue weighted by atomic mass is 10.1. The fraction of sp³-hybridized carbons (Fsp3) is 0.250. The minimum atomic E-state index is -0.853. The predicted molar refractivity (Wildman–Crippen MR) is 86.9 cm³/mol. The zero-order chi connectivity index (χ0) is 16.4. The van der Waals surface area contributed by atoms with Crippen molar-refractivity contribution in [2.24, 2.45) is 0 Å². The number of carboxylic acids is 1. The Hall–Kier alpha value is -2.96. The van der Waals surface area contributed by atoms with Crippen molar-refractivity contribution in [1.82, 2.24) is 19.7 Å². The van der Waals surface area contributed by atoms with E-state index in [1.165, 1.54) is 17.5 Å². The van der Waals surface area contributed by atoms with Crippen molar-refractivity contribution in [3.05, 3.63) is 41.9 Å². The molecule has 0 saturated carbocycles. The molecule has 0 amide bonds. The lowest BCUT2D eigenvalue weighted by Crippen LogP contribution is -2.09. The summed E-state index contributed by atoms with van der Waals surface area (Å²) in [5.41, 5.74) is 4.01. The number of anilines is 1. The van der Waals surface area contributed by atoms with Crippen molar-refractivity contribution in [3.8, 4) is 5.69 Å². The van der Waals surface area contributed by atoms with Gasteiger partial charge in [-0.15, -0.1) is 0 Å². The number of fused-ring (bicyclic) bond motifs is 1. The van der Waals surface area contributed by atoms with Crippen LogP contribution in [0.1, 0.15) is 17.5 Å². The van der Waals surface area contributed by atoms with Crippen LogP contribution < -0.4 is 5.32 Å². The Balaban J connectivity index is 1.97. The molecule has 2 heterocycles. The minimum absolute atomic E-state index is 0.0246. The smallest absolute Gasteiger partial charge is 0.305 e. The Kier molecular flexibility index (Phi) is 3.92. The summed E-state index contributed by atoms with van der Waals surface area (Å²) >= 11 is 0. The first-order valence-electron chi connectivity index (χ1n) is 7.28. The molecule has 7 nitrogen and oxygen atoms in total. The van der Waals surface area contributed by atoms with Gasteiger partial charge in [0.2, 0.25) is 0 Å². The van der Waals surface area contributed by atoms with Crippen LogP contribution in [-0.2, 0) is 4.79 Å². The van der Waals surface area contributed by atoms with Gasteiger partial charge in [0.15, 0.2) is 5.65 Å². The van der Waals surface area contributed by atoms with Crippen LogP contribution in [0.5, 0.6) is 0 Å². The van der Waals surface area contributed by atoms with Gasteiger partial charge in [0.05, 0.1) is 23.7 Å². The monoisotopic (exact) mass is 311 g/mol. The third-order valence-electron chi connectivity index (χ3n) is 3.73. The Morgan fingerprint density at radius 2 is 2.09 bits per heavy atom. The van der Waals surface area contributed by atoms with Crippen LogP contribution in [0.15, 0.2) is 30.7 Å². The number of aryl methyl sites for hydroxylation is 2. The highest BCUT2D eigenvalue weighted by molar-refractivity contribution is 5.87. The van der Waals surface area contributed by atoms with E-state index in [2.05, 4.69) is 40.3 Å². The summed E-state index contributed by atoms with van der Waals surface area (Å²) in [4.78, 5) is 19.1. The minimum Gasteiger partial charge on any atom is -0.481 e. The number of carbonyl (C=O) groups is 1. The molecule has 0 atom stereocenters. The summed E-state index contributed by atoms with van der Waals surface area (Å²) in [6.07, 6.45) is 3.16. The Labute approximate surface area is 133 Å². The molecule has 0 unspecified atom stereocenters. The van der Waals surface area contributed by atoms with E-state index in [0.29, 0.717) is 18.0 Å². The highest BCUT2D eigenvalue weighted by Crippen LogP contribution is 2.22. The van der Waals surface area contributed by atoms with Crippen LogP contribution in [0.2, 0.25) is 0 Å². The van der Waals surface area contributed by atoms with E-state index in [9.17, 15) is 4.79 Å². The van der Waals surface area contributed by atoms with Gasteiger partial charge in [-0.3, -0.25) is 4.79 Å². The number of hydrogen-bond acceptors (Lipinski definition) is 5. The fourth-order valence-corrected chi connectivity index (χ4v) is 2.32. The average Bonchev–Trinajstić information content (AvgIpc) is 2.94. The SMILES string of the molecule is Cc1ccc(-n2ncc3c(NCCC(=O)O)ncnc32)cc1C. The van der Waals surface area contributed by atoms with Crippen molar-refractivity contribution < 1.29 is 9.90 Å². The molecule has 2 N–H and O–H groups in total. The van der Waals surface area contributed by atoms with E-state index < -0.39 is 5.97 Å². The fourth-order valence-electron chi connectivity index (χ4n) is 2.32. The van der Waals surface area contributed by atoms with Crippen molar-refractivity contribution >= 4 is 22.8 Å². The molecule has 3 rings (SSSR count). The zero-order valence-electron chi connectivity index (χ0n) is 12.9. The maximum absolute atomic E-state index is 10.6. The largest absolute Gasteiger partial charge is 0.481 e. The van der Waals surface area contributed by atoms with Gasteiger partial charge in [0.1, 0.15) is 12.1 Å². The molecule has 118 valence electrons. The number of rotatable bonds is 5. The zero-order valence-corrected chi connectivity index (χ0v) is 12.9. The molecule has 1 aromatic carbocycles. The molecule has 0 radical (unpaired) electrons. The van der Waals surface area contributed by atoms with Gasteiger partial charge >= 0.3 is 5.97 Å². The Morgan fingerprint density at radius 1 is 1.26 bits per heavy atom. The second kappa shape index (κ2) is 6.04. The van der Waals surface area contributed by atoms with Crippen LogP contribution >= 0.6 is 0 Å². The lowest BCUT2D eigenvalue weighted by molar-refractivity contribution is -0.136. The summed E-state index contributed by atoms with van der Waals surface area (Å²) in [6, 6.07) is 6.10. The van der Waals surface area contributed by atoms with Crippen LogP contribution in [-0.4, -0.2) is 37.4 Å². The summed E-state index contributed by atoms with van der Waals surface area (Å²) in [7, 11) is 0. The third-order valence-corrected chi connectivity index (χ3v) is 3.73. The van der Waals surface area contributed by atoms with Gasteiger partial charge in [0, 0.05) is 6.54 Å². The van der Waals surface area contributed by atoms with Crippen LogP contribution in [0, 0.1) is 13.8 Å². The van der Waals surface area contributed by atoms with Crippen molar-refractivity contribution in [2.45, 2.75) is 20.3 Å². The third kappa shape index (κ3) is 2.98. The number of aromatic nitrogens is 4. The number of carboxylic acid groups (broad SMARTS) is 1. The molecule has 0 aliphatic heterocycles. The van der Waals surface area contributed by atoms with Gasteiger partial charge in [-0.2, -0.15) is 5.10 Å². The second-order valence-electron chi connectivity index (χ2n) is 5.36. The van der Waals surface area contributed by atoms with Gasteiger partial charge in [-0.25, -0.2) is 14.6 Å². The normalized spacial score (nSPS) is 10.9. The molecule has 3 aromatic rings. The van der Waals surface area contributed by atoms with Crippen molar-refractivity contribution in [2.75, 3.05) is 11.9 Å². The van der Waals surface area contributed by atoms with Crippen LogP contribution in [0.3, 0.4) is 0 Å². The van der Waals surface area contributed by atoms with E-state index >= 15 is 0 Å². The average molecular weight is 311 g/mol. The first-order valence-corrected chi connectivity index (χ1v) is 7.28. The molecular formula is C16H17N5O2. The van der Waals surface area contributed by atoms with E-state index in [-0.39, 0.29) is 6.42 Å². The Bertz CT molecular complexity index is 872. The van der Waals surface area contributed by atoms with E-state index in [4.69, 9.17) is 5.11 Å². The molecule has 2 aromatic heterocycles. The highest BCUT2D eigenvalue weighted by atomic mass is 16.4. The van der Waals surface area contributed by atoms with Gasteiger partial charge in [-0.1, -0.05) is 6.07 Å².